The van der Waals surface area contributed by atoms with E-state index in [2.05, 4.69) is 4.98 Å². The number of likely N-dealkylation sites (tertiary alicyclic amines) is 1. The first kappa shape index (κ1) is 22.8. The van der Waals surface area contributed by atoms with E-state index >= 15 is 0 Å². The average molecular weight is 405 g/mol. The fourth-order valence-electron chi connectivity index (χ4n) is 3.37. The molecule has 1 amide bonds. The van der Waals surface area contributed by atoms with Crippen LogP contribution >= 0.6 is 0 Å². The van der Waals surface area contributed by atoms with E-state index in [0.717, 1.165) is 11.8 Å². The first-order valence-electron chi connectivity index (χ1n) is 9.98. The summed E-state index contributed by atoms with van der Waals surface area (Å²) < 4.78 is 11.1. The first-order valence-corrected chi connectivity index (χ1v) is 9.98. The maximum absolute atomic E-state index is 13.0. The van der Waals surface area contributed by atoms with Gasteiger partial charge >= 0.3 is 12.1 Å². The molecule has 0 aliphatic carbocycles. The minimum absolute atomic E-state index is 0.0581. The molecule has 0 saturated carbocycles. The highest BCUT2D eigenvalue weighted by Crippen LogP contribution is 2.30. The van der Waals surface area contributed by atoms with Crippen LogP contribution in [0.25, 0.3) is 0 Å². The number of hydrogen-bond acceptors (Lipinski definition) is 6. The summed E-state index contributed by atoms with van der Waals surface area (Å²) in [6, 6.07) is 1.73. The van der Waals surface area contributed by atoms with Crippen LogP contribution in [0.4, 0.5) is 4.79 Å². The number of esters is 1. The quantitative estimate of drug-likeness (QED) is 0.550. The molecule has 0 unspecified atom stereocenters. The van der Waals surface area contributed by atoms with Crippen LogP contribution in [0.15, 0.2) is 18.5 Å². The second-order valence-electron chi connectivity index (χ2n) is 9.56. The van der Waals surface area contributed by atoms with Crippen LogP contribution < -0.4 is 0 Å². The zero-order valence-corrected chi connectivity index (χ0v) is 18.2. The van der Waals surface area contributed by atoms with E-state index in [1.807, 2.05) is 41.5 Å². The lowest BCUT2D eigenvalue weighted by molar-refractivity contribution is -0.161. The first-order chi connectivity index (χ1) is 13.4. The number of pyridine rings is 1. The van der Waals surface area contributed by atoms with Crippen molar-refractivity contribution in [2.75, 3.05) is 13.1 Å². The molecule has 160 valence electrons. The number of aldehydes is 1. The third-order valence-electron chi connectivity index (χ3n) is 4.56. The van der Waals surface area contributed by atoms with Gasteiger partial charge in [0.05, 0.1) is 5.92 Å². The van der Waals surface area contributed by atoms with Gasteiger partial charge in [0.25, 0.3) is 0 Å². The van der Waals surface area contributed by atoms with Crippen LogP contribution in [-0.2, 0) is 20.7 Å². The van der Waals surface area contributed by atoms with E-state index in [-0.39, 0.29) is 18.0 Å². The highest BCUT2D eigenvalue weighted by Gasteiger charge is 2.39. The average Bonchev–Trinajstić information content (AvgIpc) is 3.06. The molecule has 29 heavy (non-hydrogen) atoms. The van der Waals surface area contributed by atoms with Crippen molar-refractivity contribution in [2.24, 2.45) is 11.8 Å². The van der Waals surface area contributed by atoms with Crippen molar-refractivity contribution in [1.82, 2.24) is 9.88 Å². The number of ether oxygens (including phenoxy) is 2. The molecule has 1 aromatic rings. The minimum Gasteiger partial charge on any atom is -0.460 e. The van der Waals surface area contributed by atoms with Crippen molar-refractivity contribution in [2.45, 2.75) is 65.6 Å². The lowest BCUT2D eigenvalue weighted by atomic mass is 9.86. The number of carbonyl (C=O) groups is 3. The molecule has 0 N–H and O–H groups in total. The molecule has 0 radical (unpaired) electrons. The van der Waals surface area contributed by atoms with E-state index in [0.29, 0.717) is 31.5 Å². The second-order valence-corrected chi connectivity index (χ2v) is 9.56. The molecule has 1 saturated heterocycles. The van der Waals surface area contributed by atoms with Gasteiger partial charge in [-0.25, -0.2) is 4.79 Å². The second kappa shape index (κ2) is 8.93. The Balaban J connectivity index is 2.18. The Labute approximate surface area is 172 Å². The fraction of sp³-hybridized carbons (Fsp3) is 0.636. The van der Waals surface area contributed by atoms with Gasteiger partial charge in [-0.15, -0.1) is 0 Å². The zero-order valence-electron chi connectivity index (χ0n) is 18.2. The van der Waals surface area contributed by atoms with Crippen molar-refractivity contribution >= 4 is 18.3 Å². The fourth-order valence-corrected chi connectivity index (χ4v) is 3.37. The van der Waals surface area contributed by atoms with Crippen molar-refractivity contribution in [1.29, 1.82) is 0 Å². The van der Waals surface area contributed by atoms with Crippen molar-refractivity contribution < 1.29 is 23.9 Å². The van der Waals surface area contributed by atoms with Gasteiger partial charge in [0, 0.05) is 31.0 Å². The van der Waals surface area contributed by atoms with Crippen molar-refractivity contribution in [3.05, 3.63) is 29.6 Å². The molecule has 1 aliphatic heterocycles. The molecule has 7 heteroatoms. The van der Waals surface area contributed by atoms with Crippen LogP contribution in [0.2, 0.25) is 0 Å². The van der Waals surface area contributed by atoms with E-state index in [4.69, 9.17) is 9.47 Å². The summed E-state index contributed by atoms with van der Waals surface area (Å²) >= 11 is 0. The minimum atomic E-state index is -0.609. The third-order valence-corrected chi connectivity index (χ3v) is 4.56. The smallest absolute Gasteiger partial charge is 0.410 e. The largest absolute Gasteiger partial charge is 0.460 e. The number of nitrogens with zero attached hydrogens (tertiary/aromatic N) is 2. The molecule has 2 rings (SSSR count). The summed E-state index contributed by atoms with van der Waals surface area (Å²) in [7, 11) is 0. The molecular weight excluding hydrogens is 372 g/mol. The maximum atomic E-state index is 13.0. The number of aromatic nitrogens is 1. The molecule has 0 spiro atoms. The molecule has 1 aliphatic rings. The molecule has 0 aromatic carbocycles. The van der Waals surface area contributed by atoms with Gasteiger partial charge in [-0.2, -0.15) is 0 Å². The summed E-state index contributed by atoms with van der Waals surface area (Å²) in [6.45, 7) is 11.9. The Kier molecular flexibility index (Phi) is 7.03. The summed E-state index contributed by atoms with van der Waals surface area (Å²) in [5.41, 5.74) is 0.0796. The molecule has 7 nitrogen and oxygen atoms in total. The summed E-state index contributed by atoms with van der Waals surface area (Å²) in [6.07, 6.45) is 4.59. The van der Waals surface area contributed by atoms with E-state index in [1.165, 1.54) is 6.20 Å². The van der Waals surface area contributed by atoms with Gasteiger partial charge in [0.2, 0.25) is 0 Å². The monoisotopic (exact) mass is 404 g/mol. The zero-order chi connectivity index (χ0) is 21.8. The Hall–Kier alpha value is -2.44. The maximum Gasteiger partial charge on any atom is 0.410 e. The van der Waals surface area contributed by atoms with Crippen molar-refractivity contribution in [3.63, 3.8) is 0 Å². The van der Waals surface area contributed by atoms with Gasteiger partial charge in [0.15, 0.2) is 6.29 Å². The SMILES string of the molecule is CC(C)(C)OC(=O)[C@@H](Cc1cncc(C=O)c1)[C@H]1CCN(C(=O)OC(C)(C)C)C1. The molecule has 2 atom stereocenters. The standard InChI is InChI=1S/C22H32N2O5/c1-21(2,3)28-19(26)18(10-15-9-16(14-25)12-23-11-15)17-7-8-24(13-17)20(27)29-22(4,5)6/h9,11-12,14,17-18H,7-8,10,13H2,1-6H3/t17-,18-/m0/s1. The van der Waals surface area contributed by atoms with Crippen LogP contribution in [0, 0.1) is 11.8 Å². The Bertz CT molecular complexity index is 748. The van der Waals surface area contributed by atoms with Gasteiger partial charge in [-0.1, -0.05) is 0 Å². The molecule has 1 fully saturated rings. The van der Waals surface area contributed by atoms with Crippen LogP contribution in [0.3, 0.4) is 0 Å². The predicted octanol–water partition coefficient (Wildman–Crippen LogP) is 3.65. The predicted molar refractivity (Wildman–Crippen MR) is 109 cm³/mol. The van der Waals surface area contributed by atoms with Gasteiger partial charge in [0.1, 0.15) is 11.2 Å². The highest BCUT2D eigenvalue weighted by atomic mass is 16.6. The highest BCUT2D eigenvalue weighted by molar-refractivity contribution is 5.76. The Morgan fingerprint density at radius 1 is 1.17 bits per heavy atom. The van der Waals surface area contributed by atoms with Crippen LogP contribution in [0.5, 0.6) is 0 Å². The van der Waals surface area contributed by atoms with Crippen LogP contribution in [-0.4, -0.2) is 52.5 Å². The topological polar surface area (TPSA) is 85.8 Å². The molecule has 1 aromatic heterocycles. The lowest BCUT2D eigenvalue weighted by Crippen LogP contribution is -2.38. The summed E-state index contributed by atoms with van der Waals surface area (Å²) in [5.74, 6) is -0.798. The third kappa shape index (κ3) is 7.15. The molecular formula is C22H32N2O5. The van der Waals surface area contributed by atoms with E-state index in [1.54, 1.807) is 17.2 Å². The molecule has 0 bridgehead atoms. The number of carbonyl (C=O) groups excluding carboxylic acids is 3. The number of hydrogen-bond donors (Lipinski definition) is 0. The van der Waals surface area contributed by atoms with Crippen LogP contribution in [0.1, 0.15) is 63.9 Å². The van der Waals surface area contributed by atoms with E-state index < -0.39 is 17.1 Å². The number of amides is 1. The van der Waals surface area contributed by atoms with E-state index in [9.17, 15) is 14.4 Å². The Morgan fingerprint density at radius 3 is 2.41 bits per heavy atom. The van der Waals surface area contributed by atoms with Gasteiger partial charge < -0.3 is 14.4 Å². The number of rotatable bonds is 5. The van der Waals surface area contributed by atoms with Gasteiger partial charge in [-0.05, 0) is 71.9 Å². The van der Waals surface area contributed by atoms with Gasteiger partial charge in [-0.3, -0.25) is 14.6 Å². The normalized spacial score (nSPS) is 18.3. The van der Waals surface area contributed by atoms with Crippen molar-refractivity contribution in [3.8, 4) is 0 Å². The summed E-state index contributed by atoms with van der Waals surface area (Å²) in [5, 5.41) is 0. The summed E-state index contributed by atoms with van der Waals surface area (Å²) in [4.78, 5) is 42.2. The lowest BCUT2D eigenvalue weighted by Gasteiger charge is -2.28. The molecule has 2 heterocycles. The Morgan fingerprint density at radius 2 is 1.83 bits per heavy atom.